The van der Waals surface area contributed by atoms with E-state index >= 15 is 0 Å². The third-order valence-electron chi connectivity index (χ3n) is 3.33. The molecule has 132 valence electrons. The van der Waals surface area contributed by atoms with Gasteiger partial charge in [0, 0.05) is 23.6 Å². The molecule has 0 saturated carbocycles. The fourth-order valence-corrected chi connectivity index (χ4v) is 3.38. The fraction of sp³-hybridized carbons (Fsp3) is 0.188. The second kappa shape index (κ2) is 8.09. The van der Waals surface area contributed by atoms with Gasteiger partial charge in [-0.3, -0.25) is 19.6 Å². The lowest BCUT2D eigenvalue weighted by Gasteiger charge is -2.07. The lowest BCUT2D eigenvalue weighted by molar-refractivity contribution is -0.384. The van der Waals surface area contributed by atoms with Gasteiger partial charge in [-0.05, 0) is 29.7 Å². The van der Waals surface area contributed by atoms with Crippen molar-refractivity contribution in [3.8, 4) is 0 Å². The van der Waals surface area contributed by atoms with E-state index in [0.29, 0.717) is 17.0 Å². The Morgan fingerprint density at radius 2 is 1.60 bits per heavy atom. The van der Waals surface area contributed by atoms with E-state index in [4.69, 9.17) is 11.6 Å². The van der Waals surface area contributed by atoms with Crippen LogP contribution in [0, 0.1) is 10.1 Å². The first kappa shape index (κ1) is 18.9. The molecule has 2 aromatic carbocycles. The topological polar surface area (TPSA) is 106 Å². The molecule has 25 heavy (non-hydrogen) atoms. The number of rotatable bonds is 7. The Morgan fingerprint density at radius 1 is 1.04 bits per heavy atom. The van der Waals surface area contributed by atoms with Gasteiger partial charge in [0.25, 0.3) is 5.69 Å². The molecule has 2 rings (SSSR count). The van der Waals surface area contributed by atoms with Crippen LogP contribution in [0.3, 0.4) is 0 Å². The van der Waals surface area contributed by atoms with Gasteiger partial charge < -0.3 is 0 Å². The average Bonchev–Trinajstić information content (AvgIpc) is 2.54. The molecule has 9 heteroatoms. The summed E-state index contributed by atoms with van der Waals surface area (Å²) < 4.78 is 26.0. The molecule has 0 radical (unpaired) electrons. The van der Waals surface area contributed by atoms with Crippen LogP contribution >= 0.6 is 11.6 Å². The van der Waals surface area contributed by atoms with Crippen LogP contribution in [-0.2, 0) is 27.0 Å². The first-order valence-electron chi connectivity index (χ1n) is 7.26. The van der Waals surface area contributed by atoms with Gasteiger partial charge in [-0.25, -0.2) is 8.42 Å². The lowest BCUT2D eigenvalue weighted by Crippen LogP contribution is -2.31. The first-order valence-corrected chi connectivity index (χ1v) is 9.29. The molecule has 0 aliphatic carbocycles. The second-order valence-corrected chi connectivity index (χ2v) is 7.49. The third-order valence-corrected chi connectivity index (χ3v) is 4.83. The maximum Gasteiger partial charge on any atom is 0.269 e. The Morgan fingerprint density at radius 3 is 2.16 bits per heavy atom. The van der Waals surface area contributed by atoms with Gasteiger partial charge >= 0.3 is 0 Å². The number of non-ortho nitro benzene ring substituents is 1. The van der Waals surface area contributed by atoms with Gasteiger partial charge in [0.15, 0.2) is 0 Å². The molecular weight excluding hydrogens is 368 g/mol. The molecule has 0 atom stereocenters. The highest BCUT2D eigenvalue weighted by atomic mass is 35.5. The molecule has 0 heterocycles. The number of nitrogens with zero attached hydrogens (tertiary/aromatic N) is 1. The quantitative estimate of drug-likeness (QED) is 0.585. The Labute approximate surface area is 149 Å². The summed E-state index contributed by atoms with van der Waals surface area (Å²) in [7, 11) is -3.87. The van der Waals surface area contributed by atoms with E-state index in [-0.39, 0.29) is 12.1 Å². The minimum absolute atomic E-state index is 0.0150. The van der Waals surface area contributed by atoms with E-state index in [1.54, 1.807) is 24.3 Å². The summed E-state index contributed by atoms with van der Waals surface area (Å²) >= 11 is 5.77. The molecule has 0 aliphatic heterocycles. The molecule has 0 aliphatic rings. The monoisotopic (exact) mass is 382 g/mol. The molecule has 0 spiro atoms. The van der Waals surface area contributed by atoms with Crippen LogP contribution in [0.5, 0.6) is 0 Å². The van der Waals surface area contributed by atoms with E-state index in [1.807, 2.05) is 4.72 Å². The number of carbonyl (C=O) groups is 1. The van der Waals surface area contributed by atoms with E-state index in [9.17, 15) is 23.3 Å². The van der Waals surface area contributed by atoms with Crippen molar-refractivity contribution >= 4 is 33.2 Å². The van der Waals surface area contributed by atoms with Crippen LogP contribution in [0.15, 0.2) is 48.5 Å². The van der Waals surface area contributed by atoms with Crippen molar-refractivity contribution in [2.75, 3.05) is 0 Å². The van der Waals surface area contributed by atoms with Crippen LogP contribution in [0.2, 0.25) is 5.02 Å². The molecule has 7 nitrogen and oxygen atoms in total. The van der Waals surface area contributed by atoms with Gasteiger partial charge in [-0.15, -0.1) is 0 Å². The zero-order chi connectivity index (χ0) is 18.4. The minimum Gasteiger partial charge on any atom is -0.274 e. The molecule has 0 saturated heterocycles. The number of carbonyl (C=O) groups excluding carboxylic acids is 1. The molecule has 2 aromatic rings. The first-order chi connectivity index (χ1) is 11.7. The van der Waals surface area contributed by atoms with E-state index < -0.39 is 26.6 Å². The van der Waals surface area contributed by atoms with Crippen molar-refractivity contribution in [2.45, 2.75) is 18.6 Å². The standard InChI is InChI=1S/C16H15ClN2O5S/c17-14-6-1-12(2-7-14)5-10-16(20)18-25(23,24)11-13-3-8-15(9-4-13)19(21)22/h1-4,6-9H,5,10-11H2,(H,18,20). The second-order valence-electron chi connectivity index (χ2n) is 5.33. The van der Waals surface area contributed by atoms with Crippen LogP contribution in [0.25, 0.3) is 0 Å². The Balaban J connectivity index is 1.90. The molecular formula is C16H15ClN2O5S. The minimum atomic E-state index is -3.87. The fourth-order valence-electron chi connectivity index (χ4n) is 2.10. The highest BCUT2D eigenvalue weighted by molar-refractivity contribution is 7.89. The summed E-state index contributed by atoms with van der Waals surface area (Å²) in [6, 6.07) is 12.0. The van der Waals surface area contributed by atoms with Gasteiger partial charge in [0.2, 0.25) is 15.9 Å². The van der Waals surface area contributed by atoms with E-state index in [0.717, 1.165) is 5.56 Å². The SMILES string of the molecule is O=C(CCc1ccc(Cl)cc1)NS(=O)(=O)Cc1ccc([N+](=O)[O-])cc1. The summed E-state index contributed by atoms with van der Waals surface area (Å²) in [4.78, 5) is 21.8. The predicted molar refractivity (Wildman–Crippen MR) is 93.6 cm³/mol. The number of benzene rings is 2. The van der Waals surface area contributed by atoms with Gasteiger partial charge in [-0.2, -0.15) is 0 Å². The lowest BCUT2D eigenvalue weighted by atomic mass is 10.1. The number of halogens is 1. The van der Waals surface area contributed by atoms with Crippen molar-refractivity contribution in [1.82, 2.24) is 4.72 Å². The zero-order valence-corrected chi connectivity index (χ0v) is 14.6. The van der Waals surface area contributed by atoms with Crippen molar-refractivity contribution in [3.63, 3.8) is 0 Å². The van der Waals surface area contributed by atoms with Crippen molar-refractivity contribution in [3.05, 3.63) is 74.8 Å². The smallest absolute Gasteiger partial charge is 0.269 e. The largest absolute Gasteiger partial charge is 0.274 e. The summed E-state index contributed by atoms with van der Waals surface area (Å²) in [5.74, 6) is -1.05. The molecule has 1 amide bonds. The Bertz CT molecular complexity index is 864. The van der Waals surface area contributed by atoms with Crippen LogP contribution in [0.1, 0.15) is 17.5 Å². The molecule has 0 aromatic heterocycles. The molecule has 0 unspecified atom stereocenters. The van der Waals surface area contributed by atoms with Gasteiger partial charge in [0.05, 0.1) is 10.7 Å². The number of hydrogen-bond acceptors (Lipinski definition) is 5. The number of nitrogens with one attached hydrogen (secondary N) is 1. The number of sulfonamides is 1. The van der Waals surface area contributed by atoms with Crippen LogP contribution in [0.4, 0.5) is 5.69 Å². The predicted octanol–water partition coefficient (Wildman–Crippen LogP) is 2.83. The number of hydrogen-bond donors (Lipinski definition) is 1. The average molecular weight is 383 g/mol. The third kappa shape index (κ3) is 6.17. The normalized spacial score (nSPS) is 11.1. The number of nitro benzene ring substituents is 1. The van der Waals surface area contributed by atoms with E-state index in [1.165, 1.54) is 24.3 Å². The summed E-state index contributed by atoms with van der Waals surface area (Å²) in [5.41, 5.74) is 1.09. The molecule has 0 fully saturated rings. The van der Waals surface area contributed by atoms with Crippen LogP contribution in [-0.4, -0.2) is 19.2 Å². The number of amides is 1. The Hall–Kier alpha value is -2.45. The molecule has 0 bridgehead atoms. The summed E-state index contributed by atoms with van der Waals surface area (Å²) in [6.07, 6.45) is 0.400. The highest BCUT2D eigenvalue weighted by Gasteiger charge is 2.16. The van der Waals surface area contributed by atoms with Crippen molar-refractivity contribution < 1.29 is 18.1 Å². The maximum absolute atomic E-state index is 12.0. The molecule has 1 N–H and O–H groups in total. The highest BCUT2D eigenvalue weighted by Crippen LogP contribution is 2.14. The zero-order valence-electron chi connectivity index (χ0n) is 13.0. The summed E-state index contributed by atoms with van der Waals surface area (Å²) in [5, 5.41) is 11.2. The van der Waals surface area contributed by atoms with Crippen LogP contribution < -0.4 is 4.72 Å². The van der Waals surface area contributed by atoms with Gasteiger partial charge in [-0.1, -0.05) is 35.9 Å². The summed E-state index contributed by atoms with van der Waals surface area (Å²) in [6.45, 7) is 0. The number of nitro groups is 1. The maximum atomic E-state index is 12.0. The van der Waals surface area contributed by atoms with Gasteiger partial charge in [0.1, 0.15) is 0 Å². The number of aryl methyl sites for hydroxylation is 1. The Kier molecular flexibility index (Phi) is 6.11. The van der Waals surface area contributed by atoms with Crippen molar-refractivity contribution in [2.24, 2.45) is 0 Å². The van der Waals surface area contributed by atoms with Crippen molar-refractivity contribution in [1.29, 1.82) is 0 Å². The van der Waals surface area contributed by atoms with E-state index in [2.05, 4.69) is 0 Å².